The number of rotatable bonds is 5. The summed E-state index contributed by atoms with van der Waals surface area (Å²) in [6.07, 6.45) is 4.70. The lowest BCUT2D eigenvalue weighted by atomic mass is 10.2. The first kappa shape index (κ1) is 19.9. The largest absolute Gasteiger partial charge is 0.478 e. The van der Waals surface area contributed by atoms with E-state index in [1.807, 2.05) is 18.2 Å². The fourth-order valence-corrected chi connectivity index (χ4v) is 1.32. The Labute approximate surface area is 119 Å². The first-order valence-corrected chi connectivity index (χ1v) is 7.26. The monoisotopic (exact) mass is 282 g/mol. The van der Waals surface area contributed by atoms with Gasteiger partial charge in [-0.15, -0.1) is 0 Å². The summed E-state index contributed by atoms with van der Waals surface area (Å²) in [7, 11) is 0.906. The number of carboxylic acids is 1. The van der Waals surface area contributed by atoms with Crippen LogP contribution in [0, 0.1) is 6.92 Å². The molecule has 19 heavy (non-hydrogen) atoms. The van der Waals surface area contributed by atoms with E-state index in [2.05, 4.69) is 32.6 Å². The fourth-order valence-electron chi connectivity index (χ4n) is 1.03. The second kappa shape index (κ2) is 16.6. The first-order chi connectivity index (χ1) is 9.08. The predicted molar refractivity (Wildman–Crippen MR) is 84.4 cm³/mol. The van der Waals surface area contributed by atoms with Gasteiger partial charge in [0.15, 0.2) is 0 Å². The molecule has 1 rings (SSSR count). The van der Waals surface area contributed by atoms with Crippen LogP contribution in [0.3, 0.4) is 0 Å². The van der Waals surface area contributed by atoms with Crippen molar-refractivity contribution in [1.29, 1.82) is 0 Å². The van der Waals surface area contributed by atoms with Gasteiger partial charge in [-0.25, -0.2) is 4.79 Å². The normalized spacial score (nSPS) is 8.53. The van der Waals surface area contributed by atoms with Crippen LogP contribution >= 0.6 is 0 Å². The molecule has 0 amide bonds. The molecule has 0 saturated heterocycles. The lowest BCUT2D eigenvalue weighted by Crippen LogP contribution is -1.87. The molecule has 0 spiro atoms. The summed E-state index contributed by atoms with van der Waals surface area (Å²) in [4.78, 5) is 9.25. The molecule has 0 aliphatic rings. The van der Waals surface area contributed by atoms with Crippen LogP contribution in [0.1, 0.15) is 31.7 Å². The minimum Gasteiger partial charge on any atom is -0.478 e. The van der Waals surface area contributed by atoms with E-state index in [1.54, 1.807) is 0 Å². The average molecular weight is 282 g/mol. The van der Waals surface area contributed by atoms with Crippen molar-refractivity contribution >= 4 is 16.5 Å². The first-order valence-electron chi connectivity index (χ1n) is 6.44. The molecule has 1 N–H and O–H groups in total. The third kappa shape index (κ3) is 22.3. The van der Waals surface area contributed by atoms with Crippen molar-refractivity contribution in [2.45, 2.75) is 33.1 Å². The summed E-state index contributed by atoms with van der Waals surface area (Å²) >= 11 is 0. The van der Waals surface area contributed by atoms with Crippen molar-refractivity contribution < 1.29 is 14.3 Å². The summed E-state index contributed by atoms with van der Waals surface area (Å²) in [5.41, 5.74) is 1.32. The number of aryl methyl sites for hydroxylation is 1. The molecule has 0 aliphatic heterocycles. The number of hydrogen-bond acceptors (Lipinski definition) is 2. The Balaban J connectivity index is 0. The van der Waals surface area contributed by atoms with Crippen LogP contribution in [0.2, 0.25) is 0 Å². The smallest absolute Gasteiger partial charge is 0.327 e. The summed E-state index contributed by atoms with van der Waals surface area (Å²) in [6, 6.07) is 10.3. The average Bonchev–Trinajstić information content (AvgIpc) is 2.41. The molecule has 0 aliphatic carbocycles. The van der Waals surface area contributed by atoms with Crippen molar-refractivity contribution in [2.24, 2.45) is 0 Å². The summed E-state index contributed by atoms with van der Waals surface area (Å²) in [5.74, 6) is -0.981. The lowest BCUT2D eigenvalue weighted by molar-refractivity contribution is -0.131. The number of carbonyl (C=O) groups is 1. The van der Waals surface area contributed by atoms with Crippen LogP contribution < -0.4 is 0 Å². The SMILES string of the molecule is C=CC(=O)O.CCCCCO[SiH3].Cc1ccccc1. The zero-order valence-corrected chi connectivity index (χ0v) is 14.3. The Bertz CT molecular complexity index is 308. The third-order valence-electron chi connectivity index (χ3n) is 2.07. The van der Waals surface area contributed by atoms with E-state index in [-0.39, 0.29) is 0 Å². The van der Waals surface area contributed by atoms with Gasteiger partial charge in [-0.05, 0) is 13.3 Å². The molecule has 0 fully saturated rings. The highest BCUT2D eigenvalue weighted by Crippen LogP contribution is 1.92. The van der Waals surface area contributed by atoms with Gasteiger partial charge in [0.2, 0.25) is 0 Å². The van der Waals surface area contributed by atoms with E-state index >= 15 is 0 Å². The molecular weight excluding hydrogens is 256 g/mol. The van der Waals surface area contributed by atoms with Gasteiger partial charge >= 0.3 is 5.97 Å². The Morgan fingerprint density at radius 2 is 1.89 bits per heavy atom. The van der Waals surface area contributed by atoms with Crippen LogP contribution in [0.15, 0.2) is 43.0 Å². The molecule has 4 heteroatoms. The number of benzene rings is 1. The van der Waals surface area contributed by atoms with E-state index < -0.39 is 5.97 Å². The molecule has 1 aromatic carbocycles. The third-order valence-corrected chi connectivity index (χ3v) is 2.48. The molecule has 0 saturated carbocycles. The van der Waals surface area contributed by atoms with Crippen molar-refractivity contribution in [3.05, 3.63) is 48.6 Å². The minimum atomic E-state index is -0.981. The maximum Gasteiger partial charge on any atom is 0.327 e. The highest BCUT2D eigenvalue weighted by Gasteiger charge is 1.79. The Morgan fingerprint density at radius 3 is 2.16 bits per heavy atom. The van der Waals surface area contributed by atoms with Gasteiger partial charge in [-0.1, -0.05) is 62.2 Å². The highest BCUT2D eigenvalue weighted by molar-refractivity contribution is 5.97. The van der Waals surface area contributed by atoms with E-state index in [0.717, 1.165) is 23.2 Å². The van der Waals surface area contributed by atoms with Crippen LogP contribution in [-0.4, -0.2) is 28.2 Å². The maximum absolute atomic E-state index is 9.25. The van der Waals surface area contributed by atoms with Crippen molar-refractivity contribution in [3.8, 4) is 0 Å². The molecule has 1 aromatic rings. The zero-order valence-electron chi connectivity index (χ0n) is 12.3. The summed E-state index contributed by atoms with van der Waals surface area (Å²) in [5, 5.41) is 7.60. The molecule has 108 valence electrons. The molecular formula is C15H26O3Si. The molecule has 0 bridgehead atoms. The van der Waals surface area contributed by atoms with E-state index in [4.69, 9.17) is 9.53 Å². The van der Waals surface area contributed by atoms with Gasteiger partial charge in [0.1, 0.15) is 10.5 Å². The van der Waals surface area contributed by atoms with Gasteiger partial charge in [-0.3, -0.25) is 0 Å². The molecule has 0 unspecified atom stereocenters. The van der Waals surface area contributed by atoms with Gasteiger partial charge < -0.3 is 9.53 Å². The number of carboxylic acid groups (broad SMARTS) is 1. The van der Waals surface area contributed by atoms with Crippen molar-refractivity contribution in [1.82, 2.24) is 0 Å². The number of unbranched alkanes of at least 4 members (excludes halogenated alkanes) is 2. The molecule has 0 aromatic heterocycles. The van der Waals surface area contributed by atoms with E-state index in [1.165, 1.54) is 24.8 Å². The fraction of sp³-hybridized carbons (Fsp3) is 0.400. The van der Waals surface area contributed by atoms with Crippen LogP contribution in [0.5, 0.6) is 0 Å². The summed E-state index contributed by atoms with van der Waals surface area (Å²) in [6.45, 7) is 8.23. The summed E-state index contributed by atoms with van der Waals surface area (Å²) < 4.78 is 4.98. The molecule has 0 heterocycles. The Kier molecular flexibility index (Phi) is 17.4. The van der Waals surface area contributed by atoms with E-state index in [9.17, 15) is 4.79 Å². The van der Waals surface area contributed by atoms with E-state index in [0.29, 0.717) is 0 Å². The topological polar surface area (TPSA) is 46.5 Å². The second-order valence-corrected chi connectivity index (χ2v) is 4.47. The van der Waals surface area contributed by atoms with Crippen LogP contribution in [0.4, 0.5) is 0 Å². The minimum absolute atomic E-state index is 0.833. The maximum atomic E-state index is 9.25. The molecule has 3 nitrogen and oxygen atoms in total. The zero-order chi connectivity index (χ0) is 14.9. The predicted octanol–water partition coefficient (Wildman–Crippen LogP) is 2.73. The highest BCUT2D eigenvalue weighted by atomic mass is 28.2. The van der Waals surface area contributed by atoms with Crippen LogP contribution in [0.25, 0.3) is 0 Å². The van der Waals surface area contributed by atoms with Crippen molar-refractivity contribution in [2.75, 3.05) is 6.61 Å². The van der Waals surface area contributed by atoms with Gasteiger partial charge in [0.25, 0.3) is 0 Å². The van der Waals surface area contributed by atoms with Gasteiger partial charge in [0, 0.05) is 12.7 Å². The quantitative estimate of drug-likeness (QED) is 0.513. The van der Waals surface area contributed by atoms with Gasteiger partial charge in [-0.2, -0.15) is 0 Å². The van der Waals surface area contributed by atoms with Crippen LogP contribution in [-0.2, 0) is 9.22 Å². The van der Waals surface area contributed by atoms with Gasteiger partial charge in [0.05, 0.1) is 0 Å². The standard InChI is InChI=1S/C7H8.C5H14OSi.C3H4O2/c1-7-5-3-2-4-6-7;1-2-3-4-5-6-7;1-2-3(4)5/h2-6H,1H3;2-5H2,1,7H3;2H,1H2,(H,4,5). The number of hydrogen-bond donors (Lipinski definition) is 1. The lowest BCUT2D eigenvalue weighted by Gasteiger charge is -1.93. The Morgan fingerprint density at radius 1 is 1.37 bits per heavy atom. The molecule has 0 radical (unpaired) electrons. The number of aliphatic carboxylic acids is 1. The second-order valence-electron chi connectivity index (χ2n) is 3.90. The Hall–Kier alpha value is -1.39. The van der Waals surface area contributed by atoms with Crippen molar-refractivity contribution in [3.63, 3.8) is 0 Å². The molecule has 0 atom stereocenters.